The van der Waals surface area contributed by atoms with E-state index in [-0.39, 0.29) is 5.91 Å². The van der Waals surface area contributed by atoms with Crippen molar-refractivity contribution in [2.24, 2.45) is 0 Å². The predicted octanol–water partition coefficient (Wildman–Crippen LogP) is 2.50. The lowest BCUT2D eigenvalue weighted by Crippen LogP contribution is -2.58. The van der Waals surface area contributed by atoms with E-state index in [1.54, 1.807) is 7.11 Å². The first-order valence-corrected chi connectivity index (χ1v) is 9.72. The summed E-state index contributed by atoms with van der Waals surface area (Å²) >= 11 is 0. The number of aryl methyl sites for hydroxylation is 1. The molecule has 0 bridgehead atoms. The summed E-state index contributed by atoms with van der Waals surface area (Å²) in [5.41, 5.74) is 1.18. The van der Waals surface area contributed by atoms with Crippen LogP contribution in [0.4, 0.5) is 0 Å². The van der Waals surface area contributed by atoms with Gasteiger partial charge in [-0.05, 0) is 65.0 Å². The van der Waals surface area contributed by atoms with Crippen molar-refractivity contribution in [2.45, 2.75) is 45.2 Å². The third kappa shape index (κ3) is 5.99. The first kappa shape index (κ1) is 20.7. The van der Waals surface area contributed by atoms with E-state index in [1.807, 2.05) is 24.3 Å². The van der Waals surface area contributed by atoms with Crippen LogP contribution in [-0.2, 0) is 11.2 Å². The van der Waals surface area contributed by atoms with Gasteiger partial charge in [-0.3, -0.25) is 9.69 Å². The monoisotopic (exact) mass is 361 g/mol. The second-order valence-corrected chi connectivity index (χ2v) is 7.74. The van der Waals surface area contributed by atoms with Gasteiger partial charge >= 0.3 is 0 Å². The highest BCUT2D eigenvalue weighted by molar-refractivity contribution is 5.76. The molecule has 1 aliphatic rings. The summed E-state index contributed by atoms with van der Waals surface area (Å²) in [5.74, 6) is 1.13. The number of rotatable bonds is 8. The van der Waals surface area contributed by atoms with E-state index in [9.17, 15) is 4.79 Å². The van der Waals surface area contributed by atoms with Gasteiger partial charge in [0.25, 0.3) is 0 Å². The van der Waals surface area contributed by atoms with Crippen molar-refractivity contribution in [3.8, 4) is 5.75 Å². The van der Waals surface area contributed by atoms with Crippen LogP contribution in [0, 0.1) is 0 Å². The fourth-order valence-corrected chi connectivity index (χ4v) is 3.77. The zero-order valence-corrected chi connectivity index (χ0v) is 17.1. The molecule has 2 rings (SSSR count). The van der Waals surface area contributed by atoms with Gasteiger partial charge in [0.2, 0.25) is 5.91 Å². The maximum atomic E-state index is 12.7. The number of carbonyl (C=O) groups is 1. The first-order chi connectivity index (χ1) is 12.4. The number of hydrogen-bond acceptors (Lipinski definition) is 4. The zero-order valence-electron chi connectivity index (χ0n) is 17.1. The molecule has 1 fully saturated rings. The van der Waals surface area contributed by atoms with Crippen LogP contribution >= 0.6 is 0 Å². The molecule has 1 amide bonds. The SMILES string of the molecule is COc1ccc(CCC(=O)N2CC(C)N(CCCN(C)C)C(C)C2)cc1. The highest BCUT2D eigenvalue weighted by Crippen LogP contribution is 2.18. The van der Waals surface area contributed by atoms with Crippen LogP contribution in [0.3, 0.4) is 0 Å². The van der Waals surface area contributed by atoms with Crippen molar-refractivity contribution in [3.63, 3.8) is 0 Å². The van der Waals surface area contributed by atoms with Gasteiger partial charge in [-0.1, -0.05) is 12.1 Å². The second-order valence-electron chi connectivity index (χ2n) is 7.74. The van der Waals surface area contributed by atoms with E-state index in [4.69, 9.17) is 4.74 Å². The van der Waals surface area contributed by atoms with Crippen LogP contribution in [0.2, 0.25) is 0 Å². The number of methoxy groups -OCH3 is 1. The Labute approximate surface area is 158 Å². The molecule has 1 aromatic carbocycles. The highest BCUT2D eigenvalue weighted by Gasteiger charge is 2.31. The Morgan fingerprint density at radius 3 is 2.31 bits per heavy atom. The van der Waals surface area contributed by atoms with Gasteiger partial charge in [0.15, 0.2) is 0 Å². The fourth-order valence-electron chi connectivity index (χ4n) is 3.77. The average Bonchev–Trinajstić information content (AvgIpc) is 2.62. The Bertz CT molecular complexity index is 547. The number of carbonyl (C=O) groups excluding carboxylic acids is 1. The standard InChI is InChI=1S/C21H35N3O2/c1-17-15-23(16-18(2)24(17)14-6-13-22(3)4)21(25)12-9-19-7-10-20(26-5)11-8-19/h7-8,10-11,17-18H,6,9,12-16H2,1-5H3. The quantitative estimate of drug-likeness (QED) is 0.713. The van der Waals surface area contributed by atoms with Crippen LogP contribution in [-0.4, -0.2) is 80.1 Å². The molecule has 2 atom stereocenters. The highest BCUT2D eigenvalue weighted by atomic mass is 16.5. The van der Waals surface area contributed by atoms with Crippen LogP contribution < -0.4 is 4.74 Å². The van der Waals surface area contributed by atoms with Gasteiger partial charge < -0.3 is 14.5 Å². The molecule has 0 N–H and O–H groups in total. The Hall–Kier alpha value is -1.59. The predicted molar refractivity (Wildman–Crippen MR) is 107 cm³/mol. The molecule has 0 aliphatic carbocycles. The molecule has 5 nitrogen and oxygen atoms in total. The van der Waals surface area contributed by atoms with Crippen LogP contribution in [0.5, 0.6) is 5.75 Å². The minimum Gasteiger partial charge on any atom is -0.497 e. The molecule has 1 saturated heterocycles. The van der Waals surface area contributed by atoms with Gasteiger partial charge in [-0.2, -0.15) is 0 Å². The molecule has 1 aromatic rings. The maximum absolute atomic E-state index is 12.7. The van der Waals surface area contributed by atoms with Gasteiger partial charge in [0.1, 0.15) is 5.75 Å². The van der Waals surface area contributed by atoms with Crippen molar-refractivity contribution in [2.75, 3.05) is 47.4 Å². The largest absolute Gasteiger partial charge is 0.497 e. The van der Waals surface area contributed by atoms with Crippen molar-refractivity contribution < 1.29 is 9.53 Å². The molecular formula is C21H35N3O2. The molecule has 5 heteroatoms. The molecule has 1 heterocycles. The van der Waals surface area contributed by atoms with E-state index >= 15 is 0 Å². The molecule has 2 unspecified atom stereocenters. The maximum Gasteiger partial charge on any atom is 0.223 e. The lowest BCUT2D eigenvalue weighted by atomic mass is 10.1. The Morgan fingerprint density at radius 2 is 1.77 bits per heavy atom. The molecule has 0 spiro atoms. The lowest BCUT2D eigenvalue weighted by molar-refractivity contribution is -0.135. The molecular weight excluding hydrogens is 326 g/mol. The average molecular weight is 362 g/mol. The summed E-state index contributed by atoms with van der Waals surface area (Å²) in [5, 5.41) is 0. The van der Waals surface area contributed by atoms with Gasteiger partial charge in [0, 0.05) is 38.1 Å². The topological polar surface area (TPSA) is 36.0 Å². The van der Waals surface area contributed by atoms with Crippen molar-refractivity contribution in [3.05, 3.63) is 29.8 Å². The van der Waals surface area contributed by atoms with E-state index in [0.717, 1.165) is 38.3 Å². The Morgan fingerprint density at radius 1 is 1.15 bits per heavy atom. The first-order valence-electron chi connectivity index (χ1n) is 9.72. The molecule has 0 aromatic heterocycles. The summed E-state index contributed by atoms with van der Waals surface area (Å²) in [6.07, 6.45) is 2.54. The summed E-state index contributed by atoms with van der Waals surface area (Å²) in [6, 6.07) is 8.84. The van der Waals surface area contributed by atoms with E-state index in [2.05, 4.69) is 42.6 Å². The summed E-state index contributed by atoms with van der Waals surface area (Å²) in [4.78, 5) is 19.5. The smallest absolute Gasteiger partial charge is 0.223 e. The third-order valence-electron chi connectivity index (χ3n) is 5.26. The van der Waals surface area contributed by atoms with E-state index in [1.165, 1.54) is 12.0 Å². The minimum atomic E-state index is 0.271. The summed E-state index contributed by atoms with van der Waals surface area (Å²) < 4.78 is 5.18. The summed E-state index contributed by atoms with van der Waals surface area (Å²) in [7, 11) is 5.90. The van der Waals surface area contributed by atoms with Crippen molar-refractivity contribution in [1.29, 1.82) is 0 Å². The molecule has 0 saturated carbocycles. The molecule has 1 aliphatic heterocycles. The number of hydrogen-bond donors (Lipinski definition) is 0. The number of amides is 1. The van der Waals surface area contributed by atoms with Crippen LogP contribution in [0.1, 0.15) is 32.3 Å². The van der Waals surface area contributed by atoms with Crippen LogP contribution in [0.25, 0.3) is 0 Å². The van der Waals surface area contributed by atoms with Crippen LogP contribution in [0.15, 0.2) is 24.3 Å². The van der Waals surface area contributed by atoms with Crippen molar-refractivity contribution >= 4 is 5.91 Å². The van der Waals surface area contributed by atoms with Gasteiger partial charge in [0.05, 0.1) is 7.11 Å². The lowest BCUT2D eigenvalue weighted by Gasteiger charge is -2.44. The third-order valence-corrected chi connectivity index (χ3v) is 5.26. The minimum absolute atomic E-state index is 0.271. The molecule has 0 radical (unpaired) electrons. The normalized spacial score (nSPS) is 21.2. The Balaban J connectivity index is 1.81. The van der Waals surface area contributed by atoms with Gasteiger partial charge in [-0.25, -0.2) is 0 Å². The number of nitrogens with zero attached hydrogens (tertiary/aromatic N) is 3. The number of benzene rings is 1. The fraction of sp³-hybridized carbons (Fsp3) is 0.667. The number of piperazine rings is 1. The summed E-state index contributed by atoms with van der Waals surface area (Å²) in [6.45, 7) is 8.39. The molecule has 146 valence electrons. The van der Waals surface area contributed by atoms with E-state index < -0.39 is 0 Å². The molecule has 26 heavy (non-hydrogen) atoms. The zero-order chi connectivity index (χ0) is 19.1. The second kappa shape index (κ2) is 9.93. The van der Waals surface area contributed by atoms with E-state index in [0.29, 0.717) is 18.5 Å². The number of ether oxygens (including phenoxy) is 1. The Kier molecular flexibility index (Phi) is 7.91. The van der Waals surface area contributed by atoms with Gasteiger partial charge in [-0.15, -0.1) is 0 Å². The van der Waals surface area contributed by atoms with Crippen molar-refractivity contribution in [1.82, 2.24) is 14.7 Å².